The van der Waals surface area contributed by atoms with E-state index in [2.05, 4.69) is 19.9 Å². The summed E-state index contributed by atoms with van der Waals surface area (Å²) >= 11 is 1.26. The molecule has 0 aliphatic carbocycles. The van der Waals surface area contributed by atoms with Crippen LogP contribution in [0.5, 0.6) is 0 Å². The number of aromatic nitrogens is 4. The molecular formula is C15H14N4O3S. The van der Waals surface area contributed by atoms with Crippen LogP contribution in [-0.2, 0) is 16.1 Å². The topological polar surface area (TPSA) is 83.0 Å². The van der Waals surface area contributed by atoms with Crippen molar-refractivity contribution in [3.05, 3.63) is 48.6 Å². The van der Waals surface area contributed by atoms with E-state index in [0.29, 0.717) is 23.2 Å². The lowest BCUT2D eigenvalue weighted by Crippen LogP contribution is -2.07. The van der Waals surface area contributed by atoms with Gasteiger partial charge in [-0.1, -0.05) is 17.8 Å². The fourth-order valence-electron chi connectivity index (χ4n) is 1.96. The van der Waals surface area contributed by atoms with Gasteiger partial charge in [-0.2, -0.15) is 0 Å². The molecule has 0 amide bonds. The number of rotatable bonds is 6. The van der Waals surface area contributed by atoms with E-state index in [-0.39, 0.29) is 11.7 Å². The number of pyridine rings is 1. The summed E-state index contributed by atoms with van der Waals surface area (Å²) in [5, 5.41) is 8.98. The van der Waals surface area contributed by atoms with E-state index in [1.54, 1.807) is 12.5 Å². The van der Waals surface area contributed by atoms with Crippen LogP contribution in [0, 0.1) is 0 Å². The maximum atomic E-state index is 11.4. The third-order valence-corrected chi connectivity index (χ3v) is 3.99. The van der Waals surface area contributed by atoms with Crippen molar-refractivity contribution in [2.24, 2.45) is 0 Å². The summed E-state index contributed by atoms with van der Waals surface area (Å²) < 4.78 is 11.9. The highest BCUT2D eigenvalue weighted by Gasteiger charge is 2.17. The highest BCUT2D eigenvalue weighted by atomic mass is 32.2. The van der Waals surface area contributed by atoms with Crippen molar-refractivity contribution in [3.8, 4) is 11.5 Å². The highest BCUT2D eigenvalue weighted by molar-refractivity contribution is 7.99. The van der Waals surface area contributed by atoms with Crippen LogP contribution in [-0.4, -0.2) is 38.6 Å². The first kappa shape index (κ1) is 15.3. The van der Waals surface area contributed by atoms with Crippen LogP contribution in [0.25, 0.3) is 11.5 Å². The molecule has 0 bridgehead atoms. The van der Waals surface area contributed by atoms with Crippen molar-refractivity contribution in [1.82, 2.24) is 19.7 Å². The Morgan fingerprint density at radius 3 is 2.91 bits per heavy atom. The molecule has 3 rings (SSSR count). The minimum atomic E-state index is -0.318. The number of hydrogen-bond donors (Lipinski definition) is 0. The van der Waals surface area contributed by atoms with Gasteiger partial charge in [-0.3, -0.25) is 14.3 Å². The molecule has 118 valence electrons. The summed E-state index contributed by atoms with van der Waals surface area (Å²) in [4.78, 5) is 15.7. The Hall–Kier alpha value is -2.61. The minimum Gasteiger partial charge on any atom is -0.468 e. The lowest BCUT2D eigenvalue weighted by molar-refractivity contribution is -0.137. The Kier molecular flexibility index (Phi) is 4.72. The summed E-state index contributed by atoms with van der Waals surface area (Å²) in [6.07, 6.45) is 3.31. The van der Waals surface area contributed by atoms with Gasteiger partial charge in [0.25, 0.3) is 0 Å². The first-order valence-corrected chi connectivity index (χ1v) is 7.83. The van der Waals surface area contributed by atoms with Crippen molar-refractivity contribution in [1.29, 1.82) is 0 Å². The number of nitrogens with zero attached hydrogens (tertiary/aromatic N) is 4. The van der Waals surface area contributed by atoms with Gasteiger partial charge in [0.15, 0.2) is 11.0 Å². The third kappa shape index (κ3) is 3.59. The second kappa shape index (κ2) is 7.10. The van der Waals surface area contributed by atoms with Crippen LogP contribution in [0.4, 0.5) is 0 Å². The van der Waals surface area contributed by atoms with E-state index in [1.807, 2.05) is 34.9 Å². The predicted octanol–water partition coefficient (Wildman–Crippen LogP) is 2.25. The molecule has 0 saturated heterocycles. The Morgan fingerprint density at radius 2 is 2.22 bits per heavy atom. The molecular weight excluding hydrogens is 316 g/mol. The lowest BCUT2D eigenvalue weighted by atomic mass is 10.3. The van der Waals surface area contributed by atoms with Crippen molar-refractivity contribution in [2.45, 2.75) is 11.7 Å². The average Bonchev–Trinajstić information content (AvgIpc) is 3.24. The summed E-state index contributed by atoms with van der Waals surface area (Å²) in [7, 11) is 1.36. The normalized spacial score (nSPS) is 10.7. The van der Waals surface area contributed by atoms with Crippen LogP contribution in [0.2, 0.25) is 0 Å². The van der Waals surface area contributed by atoms with Crippen molar-refractivity contribution < 1.29 is 13.9 Å². The number of furan rings is 1. The predicted molar refractivity (Wildman–Crippen MR) is 83.8 cm³/mol. The summed E-state index contributed by atoms with van der Waals surface area (Å²) in [5.74, 6) is 1.23. The number of methoxy groups -OCH3 is 1. The fourth-order valence-corrected chi connectivity index (χ4v) is 2.73. The smallest absolute Gasteiger partial charge is 0.316 e. The summed E-state index contributed by atoms with van der Waals surface area (Å²) in [5.41, 5.74) is 0.705. The van der Waals surface area contributed by atoms with E-state index in [0.717, 1.165) is 5.76 Å². The second-order valence-corrected chi connectivity index (χ2v) is 5.49. The van der Waals surface area contributed by atoms with Gasteiger partial charge < -0.3 is 9.15 Å². The Bertz CT molecular complexity index is 771. The van der Waals surface area contributed by atoms with Gasteiger partial charge in [-0.25, -0.2) is 0 Å². The standard InChI is InChI=1S/C15H14N4O3S/c1-21-13(20)10-23-15-18-17-14(12-6-2-3-7-16-12)19(15)9-11-5-4-8-22-11/h2-8H,9-10H2,1H3. The molecule has 0 N–H and O–H groups in total. The SMILES string of the molecule is COC(=O)CSc1nnc(-c2ccccn2)n1Cc1ccco1. The highest BCUT2D eigenvalue weighted by Crippen LogP contribution is 2.24. The first-order chi connectivity index (χ1) is 11.3. The van der Waals surface area contributed by atoms with Gasteiger partial charge in [-0.15, -0.1) is 10.2 Å². The van der Waals surface area contributed by atoms with Crippen LogP contribution in [0.3, 0.4) is 0 Å². The molecule has 0 aromatic carbocycles. The molecule has 0 unspecified atom stereocenters. The van der Waals surface area contributed by atoms with Crippen molar-refractivity contribution in [2.75, 3.05) is 12.9 Å². The number of carbonyl (C=O) groups is 1. The van der Waals surface area contributed by atoms with Crippen LogP contribution >= 0.6 is 11.8 Å². The van der Waals surface area contributed by atoms with Gasteiger partial charge in [0, 0.05) is 6.20 Å². The zero-order chi connectivity index (χ0) is 16.1. The molecule has 0 radical (unpaired) electrons. The van der Waals surface area contributed by atoms with E-state index in [1.165, 1.54) is 18.9 Å². The van der Waals surface area contributed by atoms with Gasteiger partial charge >= 0.3 is 5.97 Å². The Morgan fingerprint density at radius 1 is 1.30 bits per heavy atom. The monoisotopic (exact) mass is 330 g/mol. The van der Waals surface area contributed by atoms with Crippen LogP contribution < -0.4 is 0 Å². The largest absolute Gasteiger partial charge is 0.468 e. The van der Waals surface area contributed by atoms with Crippen molar-refractivity contribution >= 4 is 17.7 Å². The van der Waals surface area contributed by atoms with Gasteiger partial charge in [0.05, 0.1) is 25.7 Å². The fraction of sp³-hybridized carbons (Fsp3) is 0.200. The molecule has 7 nitrogen and oxygen atoms in total. The lowest BCUT2D eigenvalue weighted by Gasteiger charge is -2.08. The maximum absolute atomic E-state index is 11.4. The molecule has 0 fully saturated rings. The average molecular weight is 330 g/mol. The number of thioether (sulfide) groups is 1. The number of ether oxygens (including phenoxy) is 1. The molecule has 0 saturated carbocycles. The second-order valence-electron chi connectivity index (χ2n) is 4.55. The molecule has 0 aliphatic heterocycles. The number of hydrogen-bond acceptors (Lipinski definition) is 7. The van der Waals surface area contributed by atoms with Gasteiger partial charge in [-0.05, 0) is 24.3 Å². The molecule has 0 aliphatic rings. The van der Waals surface area contributed by atoms with E-state index in [9.17, 15) is 4.79 Å². The first-order valence-electron chi connectivity index (χ1n) is 6.84. The molecule has 0 spiro atoms. The van der Waals surface area contributed by atoms with E-state index >= 15 is 0 Å². The van der Waals surface area contributed by atoms with E-state index < -0.39 is 0 Å². The molecule has 8 heteroatoms. The van der Waals surface area contributed by atoms with Gasteiger partial charge in [0.1, 0.15) is 11.5 Å². The number of esters is 1. The zero-order valence-electron chi connectivity index (χ0n) is 12.4. The summed E-state index contributed by atoms with van der Waals surface area (Å²) in [6, 6.07) is 9.27. The minimum absolute atomic E-state index is 0.162. The molecule has 3 aromatic rings. The third-order valence-electron chi connectivity index (χ3n) is 3.05. The van der Waals surface area contributed by atoms with Crippen LogP contribution in [0.1, 0.15) is 5.76 Å². The number of carbonyl (C=O) groups excluding carboxylic acids is 1. The quantitative estimate of drug-likeness (QED) is 0.506. The Balaban J connectivity index is 1.93. The summed E-state index contributed by atoms with van der Waals surface area (Å²) in [6.45, 7) is 0.454. The van der Waals surface area contributed by atoms with Crippen LogP contribution in [0.15, 0.2) is 52.4 Å². The Labute approximate surface area is 136 Å². The molecule has 23 heavy (non-hydrogen) atoms. The maximum Gasteiger partial charge on any atom is 0.316 e. The van der Waals surface area contributed by atoms with Gasteiger partial charge in [0.2, 0.25) is 0 Å². The zero-order valence-corrected chi connectivity index (χ0v) is 13.2. The molecule has 3 aromatic heterocycles. The van der Waals surface area contributed by atoms with E-state index in [4.69, 9.17) is 4.42 Å². The molecule has 3 heterocycles. The van der Waals surface area contributed by atoms with Crippen molar-refractivity contribution in [3.63, 3.8) is 0 Å². The molecule has 0 atom stereocenters.